The van der Waals surface area contributed by atoms with Crippen molar-refractivity contribution in [1.82, 2.24) is 9.88 Å². The molecule has 182 valence electrons. The van der Waals surface area contributed by atoms with Gasteiger partial charge in [-0.05, 0) is 63.3 Å². The molecule has 0 bridgehead atoms. The van der Waals surface area contributed by atoms with Gasteiger partial charge in [-0.1, -0.05) is 6.08 Å². The third-order valence-corrected chi connectivity index (χ3v) is 6.05. The number of aromatic nitrogens is 1. The summed E-state index contributed by atoms with van der Waals surface area (Å²) in [6, 6.07) is 6.88. The van der Waals surface area contributed by atoms with Gasteiger partial charge in [-0.2, -0.15) is 0 Å². The van der Waals surface area contributed by atoms with Crippen molar-refractivity contribution in [3.05, 3.63) is 48.7 Å². The number of Topliss-reactive ketones (excluding diaryl/α,β-unsaturated/α-hetero) is 1. The molecular weight excluding hydrogens is 436 g/mol. The van der Waals surface area contributed by atoms with E-state index < -0.39 is 23.6 Å². The molecule has 8 heteroatoms. The van der Waals surface area contributed by atoms with E-state index in [1.165, 1.54) is 7.11 Å². The lowest BCUT2D eigenvalue weighted by atomic mass is 9.73. The Morgan fingerprint density at radius 3 is 2.56 bits per heavy atom. The van der Waals surface area contributed by atoms with Crippen molar-refractivity contribution in [2.75, 3.05) is 27.3 Å². The van der Waals surface area contributed by atoms with E-state index in [4.69, 9.17) is 14.2 Å². The van der Waals surface area contributed by atoms with Gasteiger partial charge < -0.3 is 19.1 Å². The van der Waals surface area contributed by atoms with Gasteiger partial charge >= 0.3 is 12.1 Å². The van der Waals surface area contributed by atoms with E-state index in [0.29, 0.717) is 41.7 Å². The summed E-state index contributed by atoms with van der Waals surface area (Å²) in [4.78, 5) is 45.3. The molecule has 34 heavy (non-hydrogen) atoms. The summed E-state index contributed by atoms with van der Waals surface area (Å²) in [5, 5.41) is 0.599. The molecule has 1 fully saturated rings. The summed E-state index contributed by atoms with van der Waals surface area (Å²) < 4.78 is 15.9. The standard InChI is InChI=1S/C26H32N2O6/c1-7-16-15-28(25(31)34-26(2,3)4)13-11-18(16)22(24(30)33-6)23(29)19-10-12-27-21-9-8-17(32-5)14-20(19)21/h7-10,12,14,16,18,22H,1,11,13,15H2,2-6H3/t16-,18+,22+/m0/s1. The largest absolute Gasteiger partial charge is 0.497 e. The van der Waals surface area contributed by atoms with Crippen LogP contribution in [0.5, 0.6) is 5.75 Å². The summed E-state index contributed by atoms with van der Waals surface area (Å²) in [7, 11) is 2.82. The fourth-order valence-corrected chi connectivity index (χ4v) is 4.39. The average Bonchev–Trinajstić information content (AvgIpc) is 2.82. The molecule has 0 unspecified atom stereocenters. The van der Waals surface area contributed by atoms with Crippen LogP contribution in [0.3, 0.4) is 0 Å². The van der Waals surface area contributed by atoms with Crippen molar-refractivity contribution in [2.45, 2.75) is 32.8 Å². The van der Waals surface area contributed by atoms with Crippen LogP contribution in [0.25, 0.3) is 10.9 Å². The Kier molecular flexibility index (Phi) is 7.59. The Bertz CT molecular complexity index is 1090. The lowest BCUT2D eigenvalue weighted by Crippen LogP contribution is -2.49. The van der Waals surface area contributed by atoms with Crippen LogP contribution in [0.2, 0.25) is 0 Å². The Morgan fingerprint density at radius 2 is 1.94 bits per heavy atom. The molecule has 3 atom stereocenters. The zero-order chi connectivity index (χ0) is 25.0. The maximum Gasteiger partial charge on any atom is 0.410 e. The third kappa shape index (κ3) is 5.38. The van der Waals surface area contributed by atoms with Gasteiger partial charge in [-0.15, -0.1) is 6.58 Å². The van der Waals surface area contributed by atoms with Gasteiger partial charge in [0.25, 0.3) is 0 Å². The summed E-state index contributed by atoms with van der Waals surface area (Å²) in [6.07, 6.45) is 3.24. The first kappa shape index (κ1) is 25.2. The molecular formula is C26H32N2O6. The molecule has 1 saturated heterocycles. The Morgan fingerprint density at radius 1 is 1.21 bits per heavy atom. The average molecular weight is 469 g/mol. The SMILES string of the molecule is C=C[C@H]1CN(C(=O)OC(C)(C)C)CC[C@H]1[C@@H](C(=O)OC)C(=O)c1ccnc2ccc(OC)cc12. The molecule has 0 spiro atoms. The first-order valence-electron chi connectivity index (χ1n) is 11.2. The van der Waals surface area contributed by atoms with Gasteiger partial charge in [0, 0.05) is 30.2 Å². The number of nitrogens with zero attached hydrogens (tertiary/aromatic N) is 2. The van der Waals surface area contributed by atoms with Crippen molar-refractivity contribution in [2.24, 2.45) is 17.8 Å². The first-order valence-corrected chi connectivity index (χ1v) is 11.2. The number of ether oxygens (including phenoxy) is 3. The topological polar surface area (TPSA) is 95.0 Å². The van der Waals surface area contributed by atoms with E-state index >= 15 is 0 Å². The number of benzene rings is 1. The van der Waals surface area contributed by atoms with Crippen molar-refractivity contribution in [1.29, 1.82) is 0 Å². The number of carbonyl (C=O) groups is 3. The molecule has 1 aromatic carbocycles. The van der Waals surface area contributed by atoms with Crippen molar-refractivity contribution in [3.63, 3.8) is 0 Å². The number of fused-ring (bicyclic) bond motifs is 1. The predicted molar refractivity (Wildman–Crippen MR) is 128 cm³/mol. The Balaban J connectivity index is 1.94. The molecule has 8 nitrogen and oxygen atoms in total. The molecule has 1 amide bonds. The van der Waals surface area contributed by atoms with E-state index in [1.807, 2.05) is 20.8 Å². The van der Waals surface area contributed by atoms with Crippen LogP contribution in [-0.4, -0.2) is 60.6 Å². The van der Waals surface area contributed by atoms with E-state index in [0.717, 1.165) is 0 Å². The normalized spacial score (nSPS) is 19.3. The number of rotatable bonds is 6. The lowest BCUT2D eigenvalue weighted by molar-refractivity contribution is -0.146. The van der Waals surface area contributed by atoms with Crippen LogP contribution in [0.15, 0.2) is 43.1 Å². The Hall–Kier alpha value is -3.42. The van der Waals surface area contributed by atoms with Crippen LogP contribution in [0, 0.1) is 17.8 Å². The summed E-state index contributed by atoms with van der Waals surface area (Å²) in [5.74, 6) is -2.11. The molecule has 2 heterocycles. The molecule has 0 aliphatic carbocycles. The highest BCUT2D eigenvalue weighted by atomic mass is 16.6. The lowest BCUT2D eigenvalue weighted by Gasteiger charge is -2.40. The number of hydrogen-bond acceptors (Lipinski definition) is 7. The zero-order valence-electron chi connectivity index (χ0n) is 20.4. The molecule has 0 saturated carbocycles. The molecule has 0 N–H and O–H groups in total. The van der Waals surface area contributed by atoms with Gasteiger partial charge in [-0.25, -0.2) is 4.79 Å². The molecule has 1 aromatic heterocycles. The van der Waals surface area contributed by atoms with E-state index in [9.17, 15) is 14.4 Å². The fourth-order valence-electron chi connectivity index (χ4n) is 4.39. The number of esters is 1. The molecule has 3 rings (SSSR count). The number of ketones is 1. The van der Waals surface area contributed by atoms with Gasteiger partial charge in [-0.3, -0.25) is 14.6 Å². The van der Waals surface area contributed by atoms with Gasteiger partial charge in [0.05, 0.1) is 19.7 Å². The Labute approximate surface area is 199 Å². The van der Waals surface area contributed by atoms with Gasteiger partial charge in [0.1, 0.15) is 17.3 Å². The monoisotopic (exact) mass is 468 g/mol. The fraction of sp³-hybridized carbons (Fsp3) is 0.462. The number of pyridine rings is 1. The number of hydrogen-bond donors (Lipinski definition) is 0. The van der Waals surface area contributed by atoms with Crippen LogP contribution in [0.1, 0.15) is 37.6 Å². The minimum atomic E-state index is -1.05. The number of carbonyl (C=O) groups excluding carboxylic acids is 3. The second kappa shape index (κ2) is 10.2. The van der Waals surface area contributed by atoms with Crippen LogP contribution < -0.4 is 4.74 Å². The van der Waals surface area contributed by atoms with E-state index in [2.05, 4.69) is 11.6 Å². The minimum Gasteiger partial charge on any atom is -0.497 e. The number of amides is 1. The van der Waals surface area contributed by atoms with Gasteiger partial charge in [0.15, 0.2) is 5.78 Å². The van der Waals surface area contributed by atoms with Gasteiger partial charge in [0.2, 0.25) is 0 Å². The van der Waals surface area contributed by atoms with Crippen LogP contribution in [-0.2, 0) is 14.3 Å². The van der Waals surface area contributed by atoms with Crippen LogP contribution in [0.4, 0.5) is 4.79 Å². The molecule has 2 aromatic rings. The van der Waals surface area contributed by atoms with Crippen LogP contribution >= 0.6 is 0 Å². The quantitative estimate of drug-likeness (QED) is 0.270. The summed E-state index contributed by atoms with van der Waals surface area (Å²) >= 11 is 0. The van der Waals surface area contributed by atoms with Crippen molar-refractivity contribution >= 4 is 28.7 Å². The highest BCUT2D eigenvalue weighted by Crippen LogP contribution is 2.36. The number of likely N-dealkylation sites (tertiary alicyclic amines) is 1. The van der Waals surface area contributed by atoms with E-state index in [1.54, 1.807) is 48.5 Å². The zero-order valence-corrected chi connectivity index (χ0v) is 20.4. The van der Waals surface area contributed by atoms with Crippen molar-refractivity contribution < 1.29 is 28.6 Å². The second-order valence-electron chi connectivity index (χ2n) is 9.39. The maximum atomic E-state index is 13.8. The third-order valence-electron chi connectivity index (χ3n) is 6.05. The summed E-state index contributed by atoms with van der Waals surface area (Å²) in [6.45, 7) is 9.99. The molecule has 1 aliphatic rings. The summed E-state index contributed by atoms with van der Waals surface area (Å²) in [5.41, 5.74) is 0.373. The van der Waals surface area contributed by atoms with Crippen molar-refractivity contribution in [3.8, 4) is 5.75 Å². The highest BCUT2D eigenvalue weighted by Gasteiger charge is 2.43. The number of piperidine rings is 1. The minimum absolute atomic E-state index is 0.294. The smallest absolute Gasteiger partial charge is 0.410 e. The second-order valence-corrected chi connectivity index (χ2v) is 9.39. The molecule has 1 aliphatic heterocycles. The number of methoxy groups -OCH3 is 2. The highest BCUT2D eigenvalue weighted by molar-refractivity contribution is 6.15. The maximum absolute atomic E-state index is 13.8. The van der Waals surface area contributed by atoms with E-state index in [-0.39, 0.29) is 17.6 Å². The predicted octanol–water partition coefficient (Wildman–Crippen LogP) is 4.27. The first-order chi connectivity index (χ1) is 16.1. The molecule has 0 radical (unpaired) electrons.